The van der Waals surface area contributed by atoms with Crippen LogP contribution in [0.2, 0.25) is 0 Å². The summed E-state index contributed by atoms with van der Waals surface area (Å²) in [5.41, 5.74) is -0.516. The van der Waals surface area contributed by atoms with Crippen molar-refractivity contribution in [2.24, 2.45) is 4.99 Å². The third-order valence-electron chi connectivity index (χ3n) is 15.5. The number of rotatable bonds is 42. The van der Waals surface area contributed by atoms with Crippen molar-refractivity contribution in [2.75, 3.05) is 96.9 Å². The maximum atomic E-state index is 14.4. The number of amides is 5. The zero-order valence-corrected chi connectivity index (χ0v) is 67.3. The fraction of sp³-hybridized carbons (Fsp3) is 0.469. The van der Waals surface area contributed by atoms with E-state index in [2.05, 4.69) is 72.8 Å². The van der Waals surface area contributed by atoms with Crippen LogP contribution in [0.15, 0.2) is 104 Å². The summed E-state index contributed by atoms with van der Waals surface area (Å²) in [6, 6.07) is 18.4. The van der Waals surface area contributed by atoms with Crippen molar-refractivity contribution in [3.63, 3.8) is 0 Å². The smallest absolute Gasteiger partial charge is 0.490 e. The molecule has 0 saturated carbocycles. The molecular formula is C64H85N8O28P3S6. The lowest BCUT2D eigenvalue weighted by atomic mass is 9.90. The fourth-order valence-electron chi connectivity index (χ4n) is 10.9. The summed E-state index contributed by atoms with van der Waals surface area (Å²) >= 11 is 0. The molecule has 600 valence electrons. The highest BCUT2D eigenvalue weighted by molar-refractivity contribution is 8.77. The van der Waals surface area contributed by atoms with Gasteiger partial charge in [0, 0.05) is 91.2 Å². The summed E-state index contributed by atoms with van der Waals surface area (Å²) < 4.78 is 157. The average molecular weight is 1700 g/mol. The maximum absolute atomic E-state index is 14.4. The van der Waals surface area contributed by atoms with Gasteiger partial charge < -0.3 is 89.2 Å². The molecule has 5 unspecified atom stereocenters. The van der Waals surface area contributed by atoms with E-state index in [1.54, 1.807) is 73.4 Å². The van der Waals surface area contributed by atoms with Crippen LogP contribution in [0.25, 0.3) is 33.4 Å². The van der Waals surface area contributed by atoms with Gasteiger partial charge in [0.25, 0.3) is 38.0 Å². The average Bonchev–Trinajstić information content (AvgIpc) is 1.41. The minimum absolute atomic E-state index is 0.00997. The molecule has 1 fully saturated rings. The molecule has 7 atom stereocenters. The zero-order chi connectivity index (χ0) is 80.1. The molecule has 109 heavy (non-hydrogen) atoms. The molecule has 45 heteroatoms. The van der Waals surface area contributed by atoms with Crippen LogP contribution in [0, 0.1) is 11.8 Å². The molecular weight excluding hydrogens is 1610 g/mol. The number of carbonyl (C=O) groups excluding carboxylic acids is 5. The van der Waals surface area contributed by atoms with E-state index in [9.17, 15) is 78.5 Å². The van der Waals surface area contributed by atoms with Crippen molar-refractivity contribution in [1.82, 2.24) is 31.1 Å². The minimum atomic E-state index is -5.82. The molecule has 4 aliphatic rings. The Bertz CT molecular complexity index is 4600. The molecule has 36 nitrogen and oxygen atoms in total. The number of hydrogen-bond donors (Lipinski definition) is 12. The Morgan fingerprint density at radius 1 is 0.890 bits per heavy atom. The van der Waals surface area contributed by atoms with Crippen molar-refractivity contribution in [1.29, 1.82) is 0 Å². The van der Waals surface area contributed by atoms with Crippen molar-refractivity contribution < 1.29 is 130 Å². The molecule has 5 amide bonds. The third-order valence-corrected chi connectivity index (χ3v) is 26.1. The fourth-order valence-corrected chi connectivity index (χ4v) is 18.9. The Morgan fingerprint density at radius 3 is 2.32 bits per heavy atom. The SMILES string of the molecule is CCCC(C)(C)SSC(COc1cccc(C(=O)NCCNC(=O)CCCN(C)C(=O)c2ccccc2-c2c3ccc(=NCC)c(S(=O)(=O)O)c-3oc3c(S(=O)(=O)O)c(NCC)ccc23)c1)OCCOCC(=O)NCC#CC1=CN([C@H]2CC(OCSSC)[C@@H](COP(=O)(O)OP(=O)(O)OP(=O)(O)O)O2)C(O)NC1=O. The lowest BCUT2D eigenvalue weighted by Crippen LogP contribution is -2.53. The van der Waals surface area contributed by atoms with Gasteiger partial charge in [-0.1, -0.05) is 92.6 Å². The number of phosphoric acid groups is 3. The van der Waals surface area contributed by atoms with E-state index in [-0.39, 0.29) is 145 Å². The number of fused-ring (bicyclic) bond motifs is 2. The van der Waals surface area contributed by atoms with Gasteiger partial charge in [-0.2, -0.15) is 25.5 Å². The molecule has 3 aromatic carbocycles. The van der Waals surface area contributed by atoms with Gasteiger partial charge in [0.1, 0.15) is 48.2 Å². The standard InChI is InChI=1S/C64H85N8O28P3S6/c1-8-26-64(4,5)107-106-54(93-32-31-92-37-52(74)67-27-14-17-41-35-72(63(78)70-61(41)76)53-34-49(95-39-105-104-7)50(97-53)36-96-102(82,83)100-103(84,85)99-101(79,80)81)38-94-42-18-13-16-40(33-42)60(75)69-29-28-68-51(73)21-15-30-71(6)62(77)44-20-12-11-19-43(44)55-45-22-24-47(65-9-2)58(108(86,87)88)56(45)98-57-46(55)23-25-48(66-10-3)59(57)109(89,90)91/h11-13,16,18-20,22-25,33,35,49-50,53-54,63,65,78H,8-10,15,21,26-32,34,36-39H2,1-7H3,(H,67,74)(H,68,73)(H,69,75)(H,70,76)(H,82,83)(H,84,85)(H2,79,80,81)(H,86,87,88)(H,89,90,91)/t49?,50-,53-,54?,63?/m1/s1. The first-order valence-corrected chi connectivity index (χ1v) is 45.6. The van der Waals surface area contributed by atoms with Gasteiger partial charge in [0.15, 0.2) is 21.1 Å². The Morgan fingerprint density at radius 2 is 1.62 bits per heavy atom. The second-order valence-electron chi connectivity index (χ2n) is 24.2. The van der Waals surface area contributed by atoms with E-state index >= 15 is 0 Å². The third kappa shape index (κ3) is 27.3. The Hall–Kier alpha value is -6.17. The van der Waals surface area contributed by atoms with Crippen molar-refractivity contribution in [3.8, 4) is 40.0 Å². The van der Waals surface area contributed by atoms with Crippen LogP contribution in [-0.2, 0) is 80.4 Å². The zero-order valence-electron chi connectivity index (χ0n) is 59.7. The first-order valence-electron chi connectivity index (χ1n) is 33.3. The topological polar surface area (TPSA) is 512 Å². The Balaban J connectivity index is 0.867. The number of ether oxygens (including phenoxy) is 5. The van der Waals surface area contributed by atoms with Crippen LogP contribution in [0.5, 0.6) is 5.75 Å². The van der Waals surface area contributed by atoms with E-state index in [0.717, 1.165) is 17.7 Å². The van der Waals surface area contributed by atoms with Crippen LogP contribution >= 0.6 is 66.6 Å². The highest BCUT2D eigenvalue weighted by Crippen LogP contribution is 2.66. The molecule has 0 radical (unpaired) electrons. The minimum Gasteiger partial charge on any atom is -0.490 e. The molecule has 12 N–H and O–H groups in total. The first-order chi connectivity index (χ1) is 51.4. The molecule has 0 aromatic heterocycles. The van der Waals surface area contributed by atoms with Crippen LogP contribution in [0.4, 0.5) is 5.69 Å². The van der Waals surface area contributed by atoms with Crippen LogP contribution in [0.1, 0.15) is 87.4 Å². The first kappa shape index (κ1) is 90.0. The molecule has 3 aliphatic heterocycles. The predicted molar refractivity (Wildman–Crippen MR) is 405 cm³/mol. The predicted octanol–water partition coefficient (Wildman–Crippen LogP) is 6.67. The van der Waals surface area contributed by atoms with E-state index in [0.29, 0.717) is 5.75 Å². The van der Waals surface area contributed by atoms with Crippen molar-refractivity contribution in [2.45, 2.75) is 111 Å². The summed E-state index contributed by atoms with van der Waals surface area (Å²) in [4.78, 5) is 109. The van der Waals surface area contributed by atoms with Crippen molar-refractivity contribution >= 4 is 133 Å². The highest BCUT2D eigenvalue weighted by atomic mass is 33.1. The summed E-state index contributed by atoms with van der Waals surface area (Å²) in [7, 11) is -20.0. The number of nitrogens with one attached hydrogen (secondary N) is 5. The van der Waals surface area contributed by atoms with E-state index in [1.807, 2.05) is 0 Å². The number of hydrogen-bond acceptors (Lipinski definition) is 29. The van der Waals surface area contributed by atoms with Gasteiger partial charge in [0.2, 0.25) is 18.2 Å². The number of aliphatic hydroxyl groups is 1. The van der Waals surface area contributed by atoms with E-state index in [4.69, 9.17) is 42.4 Å². The largest absolute Gasteiger partial charge is 0.490 e. The molecule has 3 heterocycles. The van der Waals surface area contributed by atoms with Gasteiger partial charge in [-0.3, -0.25) is 42.6 Å². The number of anilines is 1. The van der Waals surface area contributed by atoms with Crippen LogP contribution in [-0.4, -0.2) is 216 Å². The van der Waals surface area contributed by atoms with E-state index < -0.39 is 132 Å². The summed E-state index contributed by atoms with van der Waals surface area (Å²) in [5, 5.41) is 23.9. The summed E-state index contributed by atoms with van der Waals surface area (Å²) in [6.45, 7) is 8.67. The van der Waals surface area contributed by atoms with Gasteiger partial charge >= 0.3 is 23.5 Å². The Kier molecular flexibility index (Phi) is 33.9. The molecule has 7 rings (SSSR count). The van der Waals surface area contributed by atoms with Crippen LogP contribution < -0.4 is 36.7 Å². The quantitative estimate of drug-likeness (QED) is 0.00369. The van der Waals surface area contributed by atoms with Gasteiger partial charge in [-0.15, -0.1) is 0 Å². The second kappa shape index (κ2) is 41.0. The van der Waals surface area contributed by atoms with Gasteiger partial charge in [-0.05, 0) is 101 Å². The van der Waals surface area contributed by atoms with Crippen molar-refractivity contribution in [3.05, 3.63) is 101 Å². The molecule has 3 aromatic rings. The highest BCUT2D eigenvalue weighted by Gasteiger charge is 2.46. The number of benzene rings is 4. The number of phosphoric ester groups is 1. The number of aliphatic hydroxyl groups excluding tert-OH is 1. The lowest BCUT2D eigenvalue weighted by molar-refractivity contribution is -0.143. The van der Waals surface area contributed by atoms with E-state index in [1.165, 1.54) is 80.9 Å². The summed E-state index contributed by atoms with van der Waals surface area (Å²) in [6.07, 6.45) is -0.0157. The summed E-state index contributed by atoms with van der Waals surface area (Å²) in [5.74, 6) is 2.50. The number of nitrogens with zero attached hydrogens (tertiary/aromatic N) is 3. The Labute approximate surface area is 644 Å². The molecule has 0 bridgehead atoms. The lowest BCUT2D eigenvalue weighted by Gasteiger charge is -2.35. The number of carbonyl (C=O) groups is 5. The normalized spacial score (nSPS) is 17.9. The second-order valence-corrected chi connectivity index (χ2v) is 36.9. The maximum Gasteiger partial charge on any atom is 0.490 e. The molecule has 1 saturated heterocycles. The van der Waals surface area contributed by atoms with Crippen LogP contribution in [0.3, 0.4) is 0 Å². The van der Waals surface area contributed by atoms with Gasteiger partial charge in [-0.25, -0.2) is 13.7 Å². The van der Waals surface area contributed by atoms with Gasteiger partial charge in [0.05, 0.1) is 43.5 Å². The molecule has 0 spiro atoms. The monoisotopic (exact) mass is 1700 g/mol. The molecule has 1 aliphatic carbocycles.